The third-order valence-corrected chi connectivity index (χ3v) is 12.9. The van der Waals surface area contributed by atoms with Gasteiger partial charge in [0.05, 0.1) is 25.4 Å². The Bertz CT molecular complexity index is 1040. The predicted molar refractivity (Wildman–Crippen MR) is 278 cm³/mol. The first-order valence-electron chi connectivity index (χ1n) is 28.3. The molecule has 0 aromatic rings. The lowest BCUT2D eigenvalue weighted by Crippen LogP contribution is -2.45. The zero-order valence-corrected chi connectivity index (χ0v) is 42.8. The normalized spacial score (nSPS) is 12.9. The summed E-state index contributed by atoms with van der Waals surface area (Å²) in [6.07, 6.45) is 66.0. The molecule has 0 fully saturated rings. The Morgan fingerprint density at radius 1 is 0.422 bits per heavy atom. The minimum atomic E-state index is -0.844. The third-order valence-electron chi connectivity index (χ3n) is 12.9. The van der Waals surface area contributed by atoms with Crippen molar-refractivity contribution < 1.29 is 24.5 Å². The molecule has 6 nitrogen and oxygen atoms in total. The molecule has 0 aliphatic heterocycles. The lowest BCUT2D eigenvalue weighted by atomic mass is 10.0. The number of aliphatic hydroxyl groups excluding tert-OH is 2. The smallest absolute Gasteiger partial charge is 0.305 e. The first-order chi connectivity index (χ1) is 31.5. The van der Waals surface area contributed by atoms with E-state index in [1.165, 1.54) is 225 Å². The summed E-state index contributed by atoms with van der Waals surface area (Å²) in [6.45, 7) is 4.86. The van der Waals surface area contributed by atoms with Crippen molar-refractivity contribution in [2.45, 2.75) is 309 Å². The highest BCUT2D eigenvalue weighted by atomic mass is 16.5. The van der Waals surface area contributed by atoms with Crippen LogP contribution in [0.15, 0.2) is 36.5 Å². The average molecular weight is 901 g/mol. The molecule has 0 bridgehead atoms. The molecule has 2 atom stereocenters. The molecule has 0 rings (SSSR count). The summed E-state index contributed by atoms with van der Waals surface area (Å²) in [6, 6.07) is -0.628. The largest absolute Gasteiger partial charge is 0.466 e. The van der Waals surface area contributed by atoms with Crippen molar-refractivity contribution in [3.05, 3.63) is 36.5 Å². The van der Waals surface area contributed by atoms with Crippen molar-refractivity contribution in [1.29, 1.82) is 0 Å². The van der Waals surface area contributed by atoms with Gasteiger partial charge in [-0.25, -0.2) is 0 Å². The Kier molecular flexibility index (Phi) is 52.1. The molecule has 0 spiro atoms. The molecule has 376 valence electrons. The van der Waals surface area contributed by atoms with Crippen LogP contribution in [0.3, 0.4) is 0 Å². The first kappa shape index (κ1) is 62.1. The van der Waals surface area contributed by atoms with E-state index in [4.69, 9.17) is 4.74 Å². The van der Waals surface area contributed by atoms with Crippen LogP contribution >= 0.6 is 0 Å². The van der Waals surface area contributed by atoms with Gasteiger partial charge in [0.15, 0.2) is 0 Å². The lowest BCUT2D eigenvalue weighted by molar-refractivity contribution is -0.143. The number of esters is 1. The number of aliphatic hydroxyl groups is 2. The molecular weight excluding hydrogens is 791 g/mol. The molecular formula is C58H109NO5. The number of allylic oxidation sites excluding steroid dienone is 5. The van der Waals surface area contributed by atoms with E-state index in [1.807, 2.05) is 6.08 Å². The fraction of sp³-hybridized carbons (Fsp3) is 0.862. The highest BCUT2D eigenvalue weighted by molar-refractivity contribution is 5.76. The third kappa shape index (κ3) is 49.5. The van der Waals surface area contributed by atoms with Crippen molar-refractivity contribution in [3.63, 3.8) is 0 Å². The Morgan fingerprint density at radius 3 is 1.14 bits per heavy atom. The van der Waals surface area contributed by atoms with Gasteiger partial charge in [-0.3, -0.25) is 9.59 Å². The fourth-order valence-electron chi connectivity index (χ4n) is 8.50. The summed E-state index contributed by atoms with van der Waals surface area (Å²) in [5.41, 5.74) is 0. The predicted octanol–water partition coefficient (Wildman–Crippen LogP) is 17.2. The fourth-order valence-corrected chi connectivity index (χ4v) is 8.50. The van der Waals surface area contributed by atoms with Gasteiger partial charge in [-0.05, 0) is 83.5 Å². The van der Waals surface area contributed by atoms with E-state index in [1.54, 1.807) is 6.08 Å². The molecule has 0 aromatic carbocycles. The number of nitrogens with one attached hydrogen (secondary N) is 1. The van der Waals surface area contributed by atoms with Gasteiger partial charge in [0.2, 0.25) is 5.91 Å². The van der Waals surface area contributed by atoms with Crippen LogP contribution in [0.2, 0.25) is 0 Å². The second-order valence-electron chi connectivity index (χ2n) is 19.3. The van der Waals surface area contributed by atoms with E-state index in [9.17, 15) is 19.8 Å². The monoisotopic (exact) mass is 900 g/mol. The zero-order chi connectivity index (χ0) is 46.5. The number of unbranched alkanes of at least 4 members (excludes halogenated alkanes) is 37. The average Bonchev–Trinajstić information content (AvgIpc) is 3.29. The van der Waals surface area contributed by atoms with E-state index >= 15 is 0 Å². The molecule has 6 heteroatoms. The first-order valence-corrected chi connectivity index (χ1v) is 28.3. The van der Waals surface area contributed by atoms with E-state index in [-0.39, 0.29) is 18.5 Å². The quantitative estimate of drug-likeness (QED) is 0.0321. The Hall–Kier alpha value is -1.92. The highest BCUT2D eigenvalue weighted by Crippen LogP contribution is 2.16. The standard InChI is InChI=1S/C58H109NO5/c1-3-5-7-9-11-13-15-32-36-40-44-48-52-58(63)64-53-49-45-41-37-33-30-28-26-24-22-20-18-16-17-19-21-23-25-27-29-31-35-39-43-47-51-57(62)59-55(54-60)56(61)50-46-42-38-34-14-12-10-8-6-4-2/h11,13,17,19,46,50,55-56,60-61H,3-10,12,14-16,18,20-45,47-49,51-54H2,1-2H3,(H,59,62)/b13-11-,19-17-,50-46+. The minimum absolute atomic E-state index is 0.00234. The second kappa shape index (κ2) is 53.7. The van der Waals surface area contributed by atoms with Gasteiger partial charge in [0.25, 0.3) is 0 Å². The maximum Gasteiger partial charge on any atom is 0.305 e. The van der Waals surface area contributed by atoms with Crippen molar-refractivity contribution in [3.8, 4) is 0 Å². The Morgan fingerprint density at radius 2 is 0.734 bits per heavy atom. The van der Waals surface area contributed by atoms with Gasteiger partial charge < -0.3 is 20.3 Å². The number of hydrogen-bond donors (Lipinski definition) is 3. The van der Waals surface area contributed by atoms with Gasteiger partial charge in [-0.1, -0.05) is 237 Å². The van der Waals surface area contributed by atoms with E-state index in [2.05, 4.69) is 43.5 Å². The van der Waals surface area contributed by atoms with Gasteiger partial charge in [0, 0.05) is 12.8 Å². The molecule has 0 radical (unpaired) electrons. The molecule has 0 saturated heterocycles. The minimum Gasteiger partial charge on any atom is -0.466 e. The van der Waals surface area contributed by atoms with Crippen LogP contribution in [0.25, 0.3) is 0 Å². The summed E-state index contributed by atoms with van der Waals surface area (Å²) in [4.78, 5) is 24.4. The number of amides is 1. The van der Waals surface area contributed by atoms with Crippen LogP contribution in [-0.4, -0.2) is 47.4 Å². The molecule has 1 amide bonds. The van der Waals surface area contributed by atoms with Crippen LogP contribution in [0.4, 0.5) is 0 Å². The van der Waals surface area contributed by atoms with E-state index < -0.39 is 12.1 Å². The summed E-state index contributed by atoms with van der Waals surface area (Å²) >= 11 is 0. The highest BCUT2D eigenvalue weighted by Gasteiger charge is 2.18. The SMILES string of the molecule is CCCCC/C=C\CCCCCCCC(=O)OCCCCCCCCCCCCCC/C=C\CCCCCCCCCCCC(=O)NC(CO)C(O)/C=C/CCCCCCCCCC. The van der Waals surface area contributed by atoms with Gasteiger partial charge in [0.1, 0.15) is 0 Å². The van der Waals surface area contributed by atoms with E-state index in [0.29, 0.717) is 19.4 Å². The van der Waals surface area contributed by atoms with Crippen LogP contribution in [-0.2, 0) is 14.3 Å². The molecule has 0 saturated carbocycles. The van der Waals surface area contributed by atoms with Crippen LogP contribution in [0.1, 0.15) is 296 Å². The van der Waals surface area contributed by atoms with E-state index in [0.717, 1.165) is 44.9 Å². The maximum atomic E-state index is 12.4. The van der Waals surface area contributed by atoms with Crippen molar-refractivity contribution in [1.82, 2.24) is 5.32 Å². The number of hydrogen-bond acceptors (Lipinski definition) is 5. The number of ether oxygens (including phenoxy) is 1. The zero-order valence-electron chi connectivity index (χ0n) is 42.8. The van der Waals surface area contributed by atoms with Gasteiger partial charge in [-0.2, -0.15) is 0 Å². The molecule has 3 N–H and O–H groups in total. The Balaban J connectivity index is 3.40. The van der Waals surface area contributed by atoms with Gasteiger partial charge >= 0.3 is 5.97 Å². The second-order valence-corrected chi connectivity index (χ2v) is 19.3. The summed E-state index contributed by atoms with van der Waals surface area (Å²) in [5, 5.41) is 23.0. The van der Waals surface area contributed by atoms with Gasteiger partial charge in [-0.15, -0.1) is 0 Å². The van der Waals surface area contributed by atoms with Crippen molar-refractivity contribution >= 4 is 11.9 Å². The maximum absolute atomic E-state index is 12.4. The Labute approximate surface area is 398 Å². The molecule has 0 aromatic heterocycles. The van der Waals surface area contributed by atoms with Crippen LogP contribution < -0.4 is 5.32 Å². The van der Waals surface area contributed by atoms with Crippen molar-refractivity contribution in [2.24, 2.45) is 0 Å². The number of carbonyl (C=O) groups excluding carboxylic acids is 2. The molecule has 64 heavy (non-hydrogen) atoms. The number of carbonyl (C=O) groups is 2. The molecule has 0 aliphatic rings. The van der Waals surface area contributed by atoms with Crippen LogP contribution in [0, 0.1) is 0 Å². The summed E-state index contributed by atoms with van der Waals surface area (Å²) in [5.74, 6) is -0.0709. The molecule has 0 heterocycles. The van der Waals surface area contributed by atoms with Crippen molar-refractivity contribution in [2.75, 3.05) is 13.2 Å². The molecule has 2 unspecified atom stereocenters. The number of rotatable bonds is 52. The summed E-state index contributed by atoms with van der Waals surface area (Å²) < 4.78 is 5.46. The van der Waals surface area contributed by atoms with Crippen LogP contribution in [0.5, 0.6) is 0 Å². The molecule has 0 aliphatic carbocycles. The lowest BCUT2D eigenvalue weighted by Gasteiger charge is -2.20. The summed E-state index contributed by atoms with van der Waals surface area (Å²) in [7, 11) is 0. The topological polar surface area (TPSA) is 95.9 Å².